The van der Waals surface area contributed by atoms with Crippen LogP contribution in [0.4, 0.5) is 5.82 Å². The van der Waals surface area contributed by atoms with E-state index in [1.54, 1.807) is 0 Å². The fourth-order valence-electron chi connectivity index (χ4n) is 2.55. The van der Waals surface area contributed by atoms with Crippen molar-refractivity contribution in [1.82, 2.24) is 10.3 Å². The van der Waals surface area contributed by atoms with Gasteiger partial charge in [0.1, 0.15) is 5.82 Å². The second kappa shape index (κ2) is 7.04. The second-order valence-corrected chi connectivity index (χ2v) is 5.74. The first-order chi connectivity index (χ1) is 9.61. The molecular formula is C16H27N3O. The number of ether oxygens (including phenoxy) is 1. The fourth-order valence-corrected chi connectivity index (χ4v) is 2.55. The number of pyridine rings is 1. The Bertz CT molecular complexity index is 436. The average molecular weight is 277 g/mol. The normalized spacial score (nSPS) is 23.1. The van der Waals surface area contributed by atoms with Gasteiger partial charge in [-0.25, -0.2) is 4.98 Å². The maximum Gasteiger partial charge on any atom is 0.129 e. The topological polar surface area (TPSA) is 37.4 Å². The lowest BCUT2D eigenvalue weighted by atomic mass is 10.1. The molecule has 0 bridgehead atoms. The summed E-state index contributed by atoms with van der Waals surface area (Å²) in [6.07, 6.45) is 1.44. The zero-order chi connectivity index (χ0) is 14.5. The van der Waals surface area contributed by atoms with Crippen LogP contribution in [0.3, 0.4) is 0 Å². The number of aromatic nitrogens is 1. The summed E-state index contributed by atoms with van der Waals surface area (Å²) in [7, 11) is 0. The lowest BCUT2D eigenvalue weighted by Crippen LogP contribution is -2.47. The summed E-state index contributed by atoms with van der Waals surface area (Å²) in [5.74, 6) is 1.07. The molecule has 2 rings (SSSR count). The molecule has 2 unspecified atom stereocenters. The van der Waals surface area contributed by atoms with Crippen molar-refractivity contribution >= 4 is 5.82 Å². The van der Waals surface area contributed by atoms with Crippen LogP contribution in [-0.4, -0.2) is 36.8 Å². The van der Waals surface area contributed by atoms with Gasteiger partial charge < -0.3 is 15.0 Å². The number of rotatable bonds is 5. The van der Waals surface area contributed by atoms with Gasteiger partial charge in [-0.15, -0.1) is 0 Å². The highest BCUT2D eigenvalue weighted by atomic mass is 16.5. The number of morpholine rings is 1. The molecule has 1 aliphatic rings. The van der Waals surface area contributed by atoms with Crippen molar-refractivity contribution < 1.29 is 4.74 Å². The summed E-state index contributed by atoms with van der Waals surface area (Å²) in [4.78, 5) is 7.14. The lowest BCUT2D eigenvalue weighted by molar-refractivity contribution is 0.0340. The Kier molecular flexibility index (Phi) is 5.38. The molecule has 1 aromatic heterocycles. The van der Waals surface area contributed by atoms with Crippen molar-refractivity contribution in [2.45, 2.75) is 52.8 Å². The van der Waals surface area contributed by atoms with E-state index in [0.717, 1.165) is 44.2 Å². The summed E-state index contributed by atoms with van der Waals surface area (Å²) in [6.45, 7) is 12.3. The van der Waals surface area contributed by atoms with Crippen molar-refractivity contribution in [2.24, 2.45) is 0 Å². The Morgan fingerprint density at radius 2 is 2.20 bits per heavy atom. The Labute approximate surface area is 122 Å². The minimum absolute atomic E-state index is 0.277. The van der Waals surface area contributed by atoms with Gasteiger partial charge in [0.25, 0.3) is 0 Å². The first kappa shape index (κ1) is 15.3. The van der Waals surface area contributed by atoms with E-state index in [1.165, 1.54) is 5.56 Å². The van der Waals surface area contributed by atoms with Crippen LogP contribution in [0.15, 0.2) is 12.1 Å². The fraction of sp³-hybridized carbons (Fsp3) is 0.688. The van der Waals surface area contributed by atoms with Crippen molar-refractivity contribution in [1.29, 1.82) is 0 Å². The zero-order valence-electron chi connectivity index (χ0n) is 13.1. The smallest absolute Gasteiger partial charge is 0.129 e. The molecule has 1 aromatic rings. The van der Waals surface area contributed by atoms with Gasteiger partial charge in [0.15, 0.2) is 0 Å². The number of nitrogens with one attached hydrogen (secondary N) is 1. The van der Waals surface area contributed by atoms with Crippen LogP contribution < -0.4 is 10.2 Å². The van der Waals surface area contributed by atoms with E-state index in [-0.39, 0.29) is 6.10 Å². The van der Waals surface area contributed by atoms with Crippen molar-refractivity contribution in [3.63, 3.8) is 0 Å². The number of nitrogens with zero attached hydrogens (tertiary/aromatic N) is 2. The van der Waals surface area contributed by atoms with Crippen LogP contribution in [0.25, 0.3) is 0 Å². The molecule has 1 aliphatic heterocycles. The minimum atomic E-state index is 0.277. The molecular weight excluding hydrogens is 250 g/mol. The van der Waals surface area contributed by atoms with Gasteiger partial charge in [-0.05, 0) is 45.4 Å². The molecule has 0 aromatic carbocycles. The molecule has 1 saturated heterocycles. The molecule has 112 valence electrons. The van der Waals surface area contributed by atoms with Gasteiger partial charge in [-0.3, -0.25) is 0 Å². The second-order valence-electron chi connectivity index (χ2n) is 5.74. The zero-order valence-corrected chi connectivity index (χ0v) is 13.1. The largest absolute Gasteiger partial charge is 0.375 e. The molecule has 4 heteroatoms. The van der Waals surface area contributed by atoms with Crippen LogP contribution in [0.5, 0.6) is 0 Å². The van der Waals surface area contributed by atoms with Gasteiger partial charge in [0.2, 0.25) is 0 Å². The summed E-state index contributed by atoms with van der Waals surface area (Å²) in [5.41, 5.74) is 2.41. The number of anilines is 1. The third-order valence-electron chi connectivity index (χ3n) is 3.82. The van der Waals surface area contributed by atoms with Gasteiger partial charge in [0, 0.05) is 18.8 Å². The van der Waals surface area contributed by atoms with Crippen LogP contribution >= 0.6 is 0 Å². The van der Waals surface area contributed by atoms with E-state index in [9.17, 15) is 0 Å². The van der Waals surface area contributed by atoms with E-state index < -0.39 is 0 Å². The SMILES string of the molecule is CCCNCc1ccc(N2CC(C)OCC2C)nc1C. The number of hydrogen-bond acceptors (Lipinski definition) is 4. The third-order valence-corrected chi connectivity index (χ3v) is 3.82. The Hall–Kier alpha value is -1.13. The Morgan fingerprint density at radius 3 is 2.90 bits per heavy atom. The summed E-state index contributed by atoms with van der Waals surface area (Å²) >= 11 is 0. The van der Waals surface area contributed by atoms with E-state index in [0.29, 0.717) is 6.04 Å². The highest BCUT2D eigenvalue weighted by Crippen LogP contribution is 2.21. The molecule has 2 heterocycles. The number of hydrogen-bond donors (Lipinski definition) is 1. The van der Waals surface area contributed by atoms with E-state index in [1.807, 2.05) is 0 Å². The summed E-state index contributed by atoms with van der Waals surface area (Å²) in [5, 5.41) is 3.43. The molecule has 0 spiro atoms. The predicted molar refractivity (Wildman–Crippen MR) is 83.2 cm³/mol. The van der Waals surface area contributed by atoms with Crippen LogP contribution in [0.2, 0.25) is 0 Å². The van der Waals surface area contributed by atoms with Gasteiger partial charge >= 0.3 is 0 Å². The molecule has 0 saturated carbocycles. The monoisotopic (exact) mass is 277 g/mol. The van der Waals surface area contributed by atoms with Crippen molar-refractivity contribution in [3.8, 4) is 0 Å². The molecule has 0 radical (unpaired) electrons. The van der Waals surface area contributed by atoms with Crippen LogP contribution in [0.1, 0.15) is 38.4 Å². The third kappa shape index (κ3) is 3.70. The summed E-state index contributed by atoms with van der Waals surface area (Å²) in [6, 6.07) is 4.74. The maximum absolute atomic E-state index is 5.68. The molecule has 4 nitrogen and oxygen atoms in total. The first-order valence-corrected chi connectivity index (χ1v) is 7.67. The minimum Gasteiger partial charge on any atom is -0.375 e. The van der Waals surface area contributed by atoms with Crippen LogP contribution in [0, 0.1) is 6.92 Å². The highest BCUT2D eigenvalue weighted by Gasteiger charge is 2.24. The Balaban J connectivity index is 2.07. The Morgan fingerprint density at radius 1 is 1.40 bits per heavy atom. The lowest BCUT2D eigenvalue weighted by Gasteiger charge is -2.37. The summed E-state index contributed by atoms with van der Waals surface area (Å²) < 4.78 is 5.68. The van der Waals surface area contributed by atoms with E-state index in [4.69, 9.17) is 9.72 Å². The van der Waals surface area contributed by atoms with Crippen molar-refractivity contribution in [2.75, 3.05) is 24.6 Å². The predicted octanol–water partition coefficient (Wildman–Crippen LogP) is 2.50. The van der Waals surface area contributed by atoms with Crippen LogP contribution in [-0.2, 0) is 11.3 Å². The standard InChI is InChI=1S/C16H27N3O/c1-5-8-17-9-15-6-7-16(18-14(15)4)19-10-13(3)20-11-12(19)2/h6-7,12-13,17H,5,8-11H2,1-4H3. The highest BCUT2D eigenvalue weighted by molar-refractivity contribution is 5.43. The molecule has 0 aliphatic carbocycles. The molecule has 1 fully saturated rings. The maximum atomic E-state index is 5.68. The first-order valence-electron chi connectivity index (χ1n) is 7.67. The van der Waals surface area contributed by atoms with E-state index >= 15 is 0 Å². The average Bonchev–Trinajstić information content (AvgIpc) is 2.43. The molecule has 0 amide bonds. The molecule has 20 heavy (non-hydrogen) atoms. The van der Waals surface area contributed by atoms with Crippen molar-refractivity contribution in [3.05, 3.63) is 23.4 Å². The van der Waals surface area contributed by atoms with Gasteiger partial charge in [0.05, 0.1) is 18.8 Å². The number of aryl methyl sites for hydroxylation is 1. The molecule has 2 atom stereocenters. The van der Waals surface area contributed by atoms with Gasteiger partial charge in [-0.1, -0.05) is 13.0 Å². The molecule has 1 N–H and O–H groups in total. The van der Waals surface area contributed by atoms with E-state index in [2.05, 4.69) is 50.0 Å². The van der Waals surface area contributed by atoms with Gasteiger partial charge in [-0.2, -0.15) is 0 Å². The quantitative estimate of drug-likeness (QED) is 0.839.